The molecule has 57 valence electrons. The molecule has 0 aromatic carbocycles. The molecule has 0 saturated heterocycles. The first kappa shape index (κ1) is 9.56. The molecule has 0 unspecified atom stereocenters. The van der Waals surface area contributed by atoms with Gasteiger partial charge < -0.3 is 0 Å². The van der Waals surface area contributed by atoms with Gasteiger partial charge in [-0.15, -0.1) is 12.3 Å². The summed E-state index contributed by atoms with van der Waals surface area (Å²) in [4.78, 5) is 0. The maximum Gasteiger partial charge on any atom is 0.0255 e. The second-order valence-corrected chi connectivity index (χ2v) is 3.34. The number of hydrogen-bond acceptors (Lipinski definition) is 0. The van der Waals surface area contributed by atoms with Crippen molar-refractivity contribution in [3.63, 3.8) is 0 Å². The molecule has 0 aromatic rings. The molecule has 0 aliphatic rings. The fourth-order valence-electron chi connectivity index (χ4n) is 0.816. The first-order valence-corrected chi connectivity index (χ1v) is 3.89. The number of terminal acetylenes is 1. The van der Waals surface area contributed by atoms with E-state index in [-0.39, 0.29) is 5.41 Å². The predicted molar refractivity (Wildman–Crippen MR) is 46.4 cm³/mol. The first-order valence-electron chi connectivity index (χ1n) is 3.89. The van der Waals surface area contributed by atoms with Gasteiger partial charge >= 0.3 is 0 Å². The molecule has 0 aliphatic heterocycles. The van der Waals surface area contributed by atoms with Crippen LogP contribution in [0.4, 0.5) is 0 Å². The maximum atomic E-state index is 5.32. The van der Waals surface area contributed by atoms with Crippen molar-refractivity contribution in [2.45, 2.75) is 39.5 Å². The summed E-state index contributed by atoms with van der Waals surface area (Å²) in [6.07, 6.45) is 9.88. The lowest BCUT2D eigenvalue weighted by atomic mass is 9.88. The third-order valence-corrected chi connectivity index (χ3v) is 1.69. The molecule has 0 N–H and O–H groups in total. The average Bonchev–Trinajstić information content (AvgIpc) is 1.89. The molecule has 0 amide bonds. The molecule has 0 nitrogen and oxygen atoms in total. The van der Waals surface area contributed by atoms with Crippen LogP contribution in [0.3, 0.4) is 0 Å². The van der Waals surface area contributed by atoms with Gasteiger partial charge in [-0.05, 0) is 20.3 Å². The Bertz CT molecular complexity index is 114. The fourth-order valence-corrected chi connectivity index (χ4v) is 0.816. The van der Waals surface area contributed by atoms with Crippen LogP contribution in [0, 0.1) is 24.7 Å². The highest BCUT2D eigenvalue weighted by atomic mass is 14.1. The fraction of sp³-hybridized carbons (Fsp3) is 0.700. The minimum absolute atomic E-state index is 0.0924. The van der Waals surface area contributed by atoms with E-state index < -0.39 is 0 Å². The summed E-state index contributed by atoms with van der Waals surface area (Å²) in [6.45, 7) is 7.99. The zero-order valence-electron chi connectivity index (χ0n) is 7.11. The van der Waals surface area contributed by atoms with Crippen molar-refractivity contribution in [2.75, 3.05) is 0 Å². The first-order chi connectivity index (χ1) is 4.62. The highest BCUT2D eigenvalue weighted by molar-refractivity contribution is 4.99. The van der Waals surface area contributed by atoms with Gasteiger partial charge in [0, 0.05) is 5.41 Å². The van der Waals surface area contributed by atoms with E-state index >= 15 is 0 Å². The molecule has 0 heterocycles. The van der Waals surface area contributed by atoms with Crippen molar-refractivity contribution < 1.29 is 0 Å². The van der Waals surface area contributed by atoms with Gasteiger partial charge in [-0.1, -0.05) is 26.2 Å². The summed E-state index contributed by atoms with van der Waals surface area (Å²) in [5.74, 6) is 2.78. The van der Waals surface area contributed by atoms with Crippen LogP contribution in [0.15, 0.2) is 0 Å². The highest BCUT2D eigenvalue weighted by Gasteiger charge is 2.11. The minimum Gasteiger partial charge on any atom is -0.120 e. The molecule has 0 atom stereocenters. The second kappa shape index (κ2) is 4.39. The van der Waals surface area contributed by atoms with E-state index in [0.717, 1.165) is 12.8 Å². The van der Waals surface area contributed by atoms with Crippen molar-refractivity contribution in [2.24, 2.45) is 5.41 Å². The van der Waals surface area contributed by atoms with E-state index in [2.05, 4.69) is 26.7 Å². The Morgan fingerprint density at radius 2 is 2.00 bits per heavy atom. The van der Waals surface area contributed by atoms with Crippen LogP contribution in [0.25, 0.3) is 0 Å². The molecule has 0 heteroatoms. The van der Waals surface area contributed by atoms with Gasteiger partial charge in [-0.3, -0.25) is 0 Å². The van der Waals surface area contributed by atoms with Crippen LogP contribution in [0.5, 0.6) is 0 Å². The van der Waals surface area contributed by atoms with Crippen LogP contribution in [0.1, 0.15) is 39.5 Å². The summed E-state index contributed by atoms with van der Waals surface area (Å²) in [7, 11) is 0. The van der Waals surface area contributed by atoms with Gasteiger partial charge in [-0.2, -0.15) is 0 Å². The van der Waals surface area contributed by atoms with Crippen LogP contribution in [0.2, 0.25) is 0 Å². The minimum atomic E-state index is 0.0924. The molecule has 0 rings (SSSR count). The van der Waals surface area contributed by atoms with Gasteiger partial charge in [0.15, 0.2) is 0 Å². The quantitative estimate of drug-likeness (QED) is 0.412. The molecule has 0 fully saturated rings. The van der Waals surface area contributed by atoms with E-state index in [0.29, 0.717) is 0 Å². The molecule has 10 heavy (non-hydrogen) atoms. The van der Waals surface area contributed by atoms with E-state index in [1.165, 1.54) is 12.8 Å². The largest absolute Gasteiger partial charge is 0.120 e. The predicted octanol–water partition coefficient (Wildman–Crippen LogP) is 3.04. The summed E-state index contributed by atoms with van der Waals surface area (Å²) >= 11 is 0. The SMILES string of the molecule is C#CC(C)(C)CCCC[CH2]. The molecule has 0 aromatic heterocycles. The maximum absolute atomic E-state index is 5.32. The summed E-state index contributed by atoms with van der Waals surface area (Å²) in [5.41, 5.74) is 0.0924. The molecule has 0 bridgehead atoms. The van der Waals surface area contributed by atoms with Crippen LogP contribution in [-0.4, -0.2) is 0 Å². The van der Waals surface area contributed by atoms with Crippen molar-refractivity contribution in [1.82, 2.24) is 0 Å². The number of rotatable bonds is 4. The smallest absolute Gasteiger partial charge is 0.0255 e. The van der Waals surface area contributed by atoms with Crippen molar-refractivity contribution >= 4 is 0 Å². The molecular weight excluding hydrogens is 120 g/mol. The standard InChI is InChI=1S/C10H17/c1-5-7-8-9-10(3,4)6-2/h2H,1,5,7-9H2,3-4H3. The van der Waals surface area contributed by atoms with Gasteiger partial charge in [0.05, 0.1) is 0 Å². The third-order valence-electron chi connectivity index (χ3n) is 1.69. The van der Waals surface area contributed by atoms with Gasteiger partial charge in [0.2, 0.25) is 0 Å². The lowest BCUT2D eigenvalue weighted by molar-refractivity contribution is 0.433. The zero-order chi connectivity index (χ0) is 8.04. The Morgan fingerprint density at radius 1 is 1.40 bits per heavy atom. The zero-order valence-corrected chi connectivity index (χ0v) is 7.11. The average molecular weight is 137 g/mol. The van der Waals surface area contributed by atoms with Crippen molar-refractivity contribution in [1.29, 1.82) is 0 Å². The van der Waals surface area contributed by atoms with Crippen LogP contribution >= 0.6 is 0 Å². The molecule has 0 saturated carbocycles. The summed E-state index contributed by atoms with van der Waals surface area (Å²) in [5, 5.41) is 0. The van der Waals surface area contributed by atoms with Crippen molar-refractivity contribution in [3.8, 4) is 12.3 Å². The number of hydrogen-bond donors (Lipinski definition) is 0. The van der Waals surface area contributed by atoms with E-state index in [4.69, 9.17) is 6.42 Å². The van der Waals surface area contributed by atoms with E-state index in [1.807, 2.05) is 0 Å². The van der Waals surface area contributed by atoms with Gasteiger partial charge in [0.1, 0.15) is 0 Å². The number of unbranched alkanes of at least 4 members (excludes halogenated alkanes) is 2. The Labute approximate surface area is 65.0 Å². The Hall–Kier alpha value is -0.440. The highest BCUT2D eigenvalue weighted by Crippen LogP contribution is 2.21. The van der Waals surface area contributed by atoms with Gasteiger partial charge in [-0.25, -0.2) is 0 Å². The Morgan fingerprint density at radius 3 is 2.40 bits per heavy atom. The van der Waals surface area contributed by atoms with E-state index in [1.54, 1.807) is 0 Å². The molecule has 1 radical (unpaired) electrons. The lowest BCUT2D eigenvalue weighted by Crippen LogP contribution is -2.06. The monoisotopic (exact) mass is 137 g/mol. The normalized spacial score (nSPS) is 11.0. The molecule has 0 aliphatic carbocycles. The summed E-state index contributed by atoms with van der Waals surface area (Å²) in [6, 6.07) is 0. The second-order valence-electron chi connectivity index (χ2n) is 3.34. The molecule has 0 spiro atoms. The third kappa shape index (κ3) is 4.44. The van der Waals surface area contributed by atoms with Crippen LogP contribution in [-0.2, 0) is 0 Å². The van der Waals surface area contributed by atoms with E-state index in [9.17, 15) is 0 Å². The van der Waals surface area contributed by atoms with Crippen molar-refractivity contribution in [3.05, 3.63) is 6.92 Å². The van der Waals surface area contributed by atoms with Crippen LogP contribution < -0.4 is 0 Å². The van der Waals surface area contributed by atoms with Gasteiger partial charge in [0.25, 0.3) is 0 Å². The molecular formula is C10H17. The Kier molecular flexibility index (Phi) is 4.19. The lowest BCUT2D eigenvalue weighted by Gasteiger charge is -2.15. The topological polar surface area (TPSA) is 0 Å². The Balaban J connectivity index is 3.40. The summed E-state index contributed by atoms with van der Waals surface area (Å²) < 4.78 is 0.